The third kappa shape index (κ3) is 3.73. The van der Waals surface area contributed by atoms with Gasteiger partial charge in [0.15, 0.2) is 5.79 Å². The lowest BCUT2D eigenvalue weighted by Gasteiger charge is -2.36. The van der Waals surface area contributed by atoms with Crippen molar-refractivity contribution in [3.63, 3.8) is 0 Å². The van der Waals surface area contributed by atoms with Crippen molar-refractivity contribution in [1.29, 1.82) is 0 Å². The number of sulfonamides is 1. The smallest absolute Gasteiger partial charge is 0.349 e. The maximum atomic E-state index is 13.6. The van der Waals surface area contributed by atoms with E-state index >= 15 is 0 Å². The Morgan fingerprint density at radius 2 is 1.76 bits per heavy atom. The average molecular weight is 438 g/mol. The first-order chi connectivity index (χ1) is 13.9. The van der Waals surface area contributed by atoms with E-state index in [1.165, 1.54) is 11.4 Å². The molecule has 0 amide bonds. The van der Waals surface area contributed by atoms with Crippen molar-refractivity contribution in [2.45, 2.75) is 30.4 Å². The third-order valence-electron chi connectivity index (χ3n) is 5.37. The zero-order valence-electron chi connectivity index (χ0n) is 16.3. The molecule has 2 aliphatic heterocycles. The fourth-order valence-corrected chi connectivity index (χ4v) is 6.87. The molecule has 4 rings (SSSR count). The Labute approximate surface area is 174 Å². The number of hydrogen-bond acceptors (Lipinski definition) is 7. The Balaban J connectivity index is 1.72. The van der Waals surface area contributed by atoms with Gasteiger partial charge in [-0.2, -0.15) is 4.31 Å². The van der Waals surface area contributed by atoms with Crippen molar-refractivity contribution in [2.75, 3.05) is 33.4 Å². The van der Waals surface area contributed by atoms with Crippen LogP contribution in [0.25, 0.3) is 11.1 Å². The molecule has 0 atom stereocenters. The molecule has 2 aromatic rings. The first-order valence-corrected chi connectivity index (χ1v) is 11.7. The van der Waals surface area contributed by atoms with E-state index in [9.17, 15) is 13.2 Å². The Hall–Kier alpha value is -1.78. The monoisotopic (exact) mass is 437 g/mol. The van der Waals surface area contributed by atoms with E-state index in [0.29, 0.717) is 31.6 Å². The summed E-state index contributed by atoms with van der Waals surface area (Å²) in [4.78, 5) is 12.4. The number of piperidine rings is 1. The number of aryl methyl sites for hydroxylation is 1. The van der Waals surface area contributed by atoms with E-state index in [1.54, 1.807) is 5.38 Å². The van der Waals surface area contributed by atoms with Crippen LogP contribution in [0.5, 0.6) is 0 Å². The van der Waals surface area contributed by atoms with Crippen LogP contribution in [-0.2, 0) is 24.2 Å². The Morgan fingerprint density at radius 3 is 2.34 bits per heavy atom. The van der Waals surface area contributed by atoms with Crippen molar-refractivity contribution < 1.29 is 27.4 Å². The van der Waals surface area contributed by atoms with Crippen LogP contribution in [0.1, 0.15) is 28.1 Å². The van der Waals surface area contributed by atoms with Crippen molar-refractivity contribution in [2.24, 2.45) is 0 Å². The molecule has 29 heavy (non-hydrogen) atoms. The first kappa shape index (κ1) is 20.5. The number of carbonyl (C=O) groups excluding carboxylic acids is 1. The van der Waals surface area contributed by atoms with Crippen molar-refractivity contribution in [1.82, 2.24) is 4.31 Å². The number of hydrogen-bond donors (Lipinski definition) is 0. The number of thiophene rings is 1. The van der Waals surface area contributed by atoms with Gasteiger partial charge in [0.2, 0.25) is 10.0 Å². The topological polar surface area (TPSA) is 82.1 Å². The molecular weight excluding hydrogens is 414 g/mol. The second-order valence-electron chi connectivity index (χ2n) is 7.18. The summed E-state index contributed by atoms with van der Waals surface area (Å²) in [7, 11) is -2.65. The molecule has 0 unspecified atom stereocenters. The SMILES string of the molecule is COC(=O)c1scc(-c2ccc(C)cc2)c1S(=O)(=O)N1CCC2(CC1)OCCO2. The Kier molecular flexibility index (Phi) is 5.52. The molecule has 9 heteroatoms. The lowest BCUT2D eigenvalue weighted by molar-refractivity contribution is -0.179. The van der Waals surface area contributed by atoms with Gasteiger partial charge in [0.1, 0.15) is 9.77 Å². The molecule has 2 fully saturated rings. The van der Waals surface area contributed by atoms with Gasteiger partial charge >= 0.3 is 5.97 Å². The summed E-state index contributed by atoms with van der Waals surface area (Å²) < 4.78 is 44.9. The second kappa shape index (κ2) is 7.81. The molecule has 1 aromatic heterocycles. The summed E-state index contributed by atoms with van der Waals surface area (Å²) in [6.07, 6.45) is 0.924. The number of nitrogens with zero attached hydrogens (tertiary/aromatic N) is 1. The summed E-state index contributed by atoms with van der Waals surface area (Å²) in [6, 6.07) is 7.56. The molecule has 3 heterocycles. The summed E-state index contributed by atoms with van der Waals surface area (Å²) >= 11 is 1.09. The van der Waals surface area contributed by atoms with Crippen molar-refractivity contribution in [3.05, 3.63) is 40.1 Å². The van der Waals surface area contributed by atoms with Gasteiger partial charge in [-0.15, -0.1) is 11.3 Å². The summed E-state index contributed by atoms with van der Waals surface area (Å²) in [5.41, 5.74) is 2.33. The van der Waals surface area contributed by atoms with Gasteiger partial charge in [0, 0.05) is 36.9 Å². The molecule has 0 radical (unpaired) electrons. The van der Waals surface area contributed by atoms with Crippen LogP contribution in [0.15, 0.2) is 34.5 Å². The maximum Gasteiger partial charge on any atom is 0.349 e. The highest BCUT2D eigenvalue weighted by molar-refractivity contribution is 7.89. The van der Waals surface area contributed by atoms with Crippen molar-refractivity contribution in [3.8, 4) is 11.1 Å². The quantitative estimate of drug-likeness (QED) is 0.684. The molecular formula is C20H23NO6S2. The number of benzene rings is 1. The second-order valence-corrected chi connectivity index (χ2v) is 9.93. The predicted octanol–water partition coefficient (Wildman–Crippen LogP) is 3.04. The van der Waals surface area contributed by atoms with Gasteiger partial charge < -0.3 is 14.2 Å². The van der Waals surface area contributed by atoms with Crippen LogP contribution in [0.4, 0.5) is 0 Å². The van der Waals surface area contributed by atoms with Crippen LogP contribution in [-0.4, -0.2) is 57.9 Å². The average Bonchev–Trinajstić information content (AvgIpc) is 3.36. The van der Waals surface area contributed by atoms with Crippen molar-refractivity contribution >= 4 is 27.3 Å². The molecule has 156 valence electrons. The van der Waals surface area contributed by atoms with Crippen LogP contribution in [0, 0.1) is 6.92 Å². The highest BCUT2D eigenvalue weighted by atomic mass is 32.2. The summed E-state index contributed by atoms with van der Waals surface area (Å²) in [5, 5.41) is 1.71. The van der Waals surface area contributed by atoms with Crippen LogP contribution < -0.4 is 0 Å². The van der Waals surface area contributed by atoms with E-state index in [1.807, 2.05) is 31.2 Å². The number of esters is 1. The van der Waals surface area contributed by atoms with Gasteiger partial charge in [0.05, 0.1) is 20.3 Å². The highest BCUT2D eigenvalue weighted by Crippen LogP contribution is 2.40. The normalized spacial score (nSPS) is 19.5. The fraction of sp³-hybridized carbons (Fsp3) is 0.450. The molecule has 0 bridgehead atoms. The number of methoxy groups -OCH3 is 1. The standard InChI is InChI=1S/C20H23NO6S2/c1-14-3-5-15(6-4-14)16-13-28-17(19(22)25-2)18(16)29(23,24)21-9-7-20(8-10-21)26-11-12-27-20/h3-6,13H,7-12H2,1-2H3. The number of carbonyl (C=O) groups is 1. The van der Waals surface area contributed by atoms with Crippen LogP contribution in [0.3, 0.4) is 0 Å². The van der Waals surface area contributed by atoms with E-state index in [0.717, 1.165) is 22.5 Å². The minimum Gasteiger partial charge on any atom is -0.465 e. The molecule has 2 aliphatic rings. The van der Waals surface area contributed by atoms with E-state index in [2.05, 4.69) is 0 Å². The van der Waals surface area contributed by atoms with Crippen LogP contribution in [0.2, 0.25) is 0 Å². The molecule has 1 spiro atoms. The van der Waals surface area contributed by atoms with Gasteiger partial charge in [0.25, 0.3) is 0 Å². The fourth-order valence-electron chi connectivity index (χ4n) is 3.75. The number of rotatable bonds is 4. The molecule has 0 aliphatic carbocycles. The minimum atomic E-state index is -3.91. The summed E-state index contributed by atoms with van der Waals surface area (Å²) in [6.45, 7) is 3.56. The molecule has 1 aromatic carbocycles. The van der Waals surface area contributed by atoms with Gasteiger partial charge in [-0.1, -0.05) is 29.8 Å². The van der Waals surface area contributed by atoms with E-state index in [4.69, 9.17) is 14.2 Å². The highest BCUT2D eigenvalue weighted by Gasteiger charge is 2.44. The minimum absolute atomic E-state index is 0.0161. The Bertz CT molecular complexity index is 996. The largest absolute Gasteiger partial charge is 0.465 e. The lowest BCUT2D eigenvalue weighted by Crippen LogP contribution is -2.47. The first-order valence-electron chi connectivity index (χ1n) is 9.41. The molecule has 0 saturated carbocycles. The zero-order valence-corrected chi connectivity index (χ0v) is 18.0. The molecule has 0 N–H and O–H groups in total. The molecule has 7 nitrogen and oxygen atoms in total. The summed E-state index contributed by atoms with van der Waals surface area (Å²) in [5.74, 6) is -1.33. The molecule has 2 saturated heterocycles. The van der Waals surface area contributed by atoms with Gasteiger partial charge in [-0.05, 0) is 12.5 Å². The Morgan fingerprint density at radius 1 is 1.14 bits per heavy atom. The van der Waals surface area contributed by atoms with Gasteiger partial charge in [-0.3, -0.25) is 0 Å². The van der Waals surface area contributed by atoms with Crippen LogP contribution >= 0.6 is 11.3 Å². The number of ether oxygens (including phenoxy) is 3. The van der Waals surface area contributed by atoms with Gasteiger partial charge in [-0.25, -0.2) is 13.2 Å². The zero-order chi connectivity index (χ0) is 20.6. The van der Waals surface area contributed by atoms with E-state index in [-0.39, 0.29) is 22.9 Å². The third-order valence-corrected chi connectivity index (χ3v) is 8.45. The maximum absolute atomic E-state index is 13.6. The van der Waals surface area contributed by atoms with E-state index < -0.39 is 21.8 Å². The predicted molar refractivity (Wildman–Crippen MR) is 108 cm³/mol. The lowest BCUT2D eigenvalue weighted by atomic mass is 10.1.